The van der Waals surface area contributed by atoms with Crippen LogP contribution in [0.1, 0.15) is 25.5 Å². The number of carbonyl (C=O) groups is 1. The summed E-state index contributed by atoms with van der Waals surface area (Å²) in [5, 5.41) is 9.59. The molecule has 0 radical (unpaired) electrons. The van der Waals surface area contributed by atoms with Crippen LogP contribution < -0.4 is 4.74 Å². The molecule has 1 N–H and O–H groups in total. The van der Waals surface area contributed by atoms with Gasteiger partial charge in [-0.1, -0.05) is 18.2 Å². The van der Waals surface area contributed by atoms with E-state index in [0.717, 1.165) is 0 Å². The van der Waals surface area contributed by atoms with Crippen molar-refractivity contribution in [3.63, 3.8) is 0 Å². The molecule has 0 bridgehead atoms. The van der Waals surface area contributed by atoms with Crippen molar-refractivity contribution in [1.29, 1.82) is 0 Å². The van der Waals surface area contributed by atoms with Crippen molar-refractivity contribution in [2.24, 2.45) is 0 Å². The highest BCUT2D eigenvalue weighted by molar-refractivity contribution is 5.80. The molecule has 2 unspecified atom stereocenters. The minimum atomic E-state index is -0.618. The summed E-state index contributed by atoms with van der Waals surface area (Å²) in [6.07, 6.45) is -1.18. The van der Waals surface area contributed by atoms with Gasteiger partial charge in [0.15, 0.2) is 6.10 Å². The van der Waals surface area contributed by atoms with Crippen LogP contribution in [-0.4, -0.2) is 36.1 Å². The van der Waals surface area contributed by atoms with Crippen LogP contribution in [0.25, 0.3) is 0 Å². The van der Waals surface area contributed by atoms with Crippen molar-refractivity contribution in [3.8, 4) is 5.75 Å². The van der Waals surface area contributed by atoms with Crippen LogP contribution in [-0.2, 0) is 4.79 Å². The van der Waals surface area contributed by atoms with Gasteiger partial charge in [0.05, 0.1) is 6.10 Å². The summed E-state index contributed by atoms with van der Waals surface area (Å²) in [7, 11) is 3.37. The molecule has 0 aliphatic carbocycles. The molecular weight excluding hydrogens is 218 g/mol. The Balaban J connectivity index is 2.85. The van der Waals surface area contributed by atoms with Gasteiger partial charge in [-0.3, -0.25) is 4.79 Å². The maximum Gasteiger partial charge on any atom is 0.262 e. The first kappa shape index (κ1) is 13.5. The van der Waals surface area contributed by atoms with E-state index in [0.29, 0.717) is 11.3 Å². The van der Waals surface area contributed by atoms with Crippen molar-refractivity contribution < 1.29 is 14.6 Å². The number of benzene rings is 1. The van der Waals surface area contributed by atoms with Gasteiger partial charge in [-0.15, -0.1) is 0 Å². The lowest BCUT2D eigenvalue weighted by Gasteiger charge is -2.20. The average Bonchev–Trinajstić information content (AvgIpc) is 2.28. The molecule has 1 aromatic carbocycles. The number of aliphatic hydroxyl groups excluding tert-OH is 1. The topological polar surface area (TPSA) is 49.8 Å². The SMILES string of the molecule is CC(Oc1ccccc1C(C)O)C(=O)N(C)C. The van der Waals surface area contributed by atoms with Crippen LogP contribution in [0.3, 0.4) is 0 Å². The summed E-state index contributed by atoms with van der Waals surface area (Å²) in [6.45, 7) is 3.36. The van der Waals surface area contributed by atoms with Crippen molar-refractivity contribution in [1.82, 2.24) is 4.90 Å². The molecular formula is C13H19NO3. The van der Waals surface area contributed by atoms with E-state index < -0.39 is 12.2 Å². The molecule has 0 aromatic heterocycles. The maximum atomic E-state index is 11.7. The normalized spacial score (nSPS) is 13.9. The number of aliphatic hydroxyl groups is 1. The molecule has 1 aromatic rings. The third kappa shape index (κ3) is 3.46. The quantitative estimate of drug-likeness (QED) is 0.865. The molecule has 0 aliphatic rings. The number of hydrogen-bond donors (Lipinski definition) is 1. The Kier molecular flexibility index (Phi) is 4.52. The number of rotatable bonds is 4. The molecule has 4 nitrogen and oxygen atoms in total. The highest BCUT2D eigenvalue weighted by atomic mass is 16.5. The van der Waals surface area contributed by atoms with Gasteiger partial charge < -0.3 is 14.7 Å². The fourth-order valence-corrected chi connectivity index (χ4v) is 1.54. The first-order valence-corrected chi connectivity index (χ1v) is 5.58. The maximum absolute atomic E-state index is 11.7. The molecule has 4 heteroatoms. The lowest BCUT2D eigenvalue weighted by molar-refractivity contribution is -0.135. The Morgan fingerprint density at radius 2 is 1.88 bits per heavy atom. The van der Waals surface area contributed by atoms with E-state index in [4.69, 9.17) is 4.74 Å². The zero-order chi connectivity index (χ0) is 13.0. The number of hydrogen-bond acceptors (Lipinski definition) is 3. The second-order valence-electron chi connectivity index (χ2n) is 4.21. The summed E-state index contributed by atoms with van der Waals surface area (Å²) < 4.78 is 5.58. The molecule has 0 aliphatic heterocycles. The number of amides is 1. The zero-order valence-electron chi connectivity index (χ0n) is 10.7. The predicted octanol–water partition coefficient (Wildman–Crippen LogP) is 1.60. The van der Waals surface area contributed by atoms with E-state index in [1.165, 1.54) is 4.90 Å². The summed E-state index contributed by atoms with van der Waals surface area (Å²) in [4.78, 5) is 13.1. The summed E-state index contributed by atoms with van der Waals surface area (Å²) >= 11 is 0. The minimum Gasteiger partial charge on any atom is -0.481 e. The zero-order valence-corrected chi connectivity index (χ0v) is 10.7. The van der Waals surface area contributed by atoms with Gasteiger partial charge in [0, 0.05) is 19.7 Å². The fraction of sp³-hybridized carbons (Fsp3) is 0.462. The molecule has 0 heterocycles. The lowest BCUT2D eigenvalue weighted by Crippen LogP contribution is -2.35. The standard InChI is InChI=1S/C13H19NO3/c1-9(15)11-7-5-6-8-12(11)17-10(2)13(16)14(3)4/h5-10,15H,1-4H3. The second kappa shape index (κ2) is 5.68. The van der Waals surface area contributed by atoms with Gasteiger partial charge in [-0.05, 0) is 19.9 Å². The van der Waals surface area contributed by atoms with Crippen LogP contribution in [0.15, 0.2) is 24.3 Å². The molecule has 17 heavy (non-hydrogen) atoms. The van der Waals surface area contributed by atoms with Crippen LogP contribution in [0.5, 0.6) is 5.75 Å². The average molecular weight is 237 g/mol. The van der Waals surface area contributed by atoms with E-state index >= 15 is 0 Å². The van der Waals surface area contributed by atoms with Gasteiger partial charge in [0.2, 0.25) is 0 Å². The van der Waals surface area contributed by atoms with Crippen molar-refractivity contribution in [2.45, 2.75) is 26.1 Å². The number of para-hydroxylation sites is 1. The molecule has 1 rings (SSSR count). The molecule has 1 amide bonds. The molecule has 94 valence electrons. The number of likely N-dealkylation sites (N-methyl/N-ethyl adjacent to an activating group) is 1. The third-order valence-corrected chi connectivity index (χ3v) is 2.46. The van der Waals surface area contributed by atoms with Crippen LogP contribution in [0, 0.1) is 0 Å². The van der Waals surface area contributed by atoms with E-state index in [-0.39, 0.29) is 5.91 Å². The molecule has 2 atom stereocenters. The first-order chi connectivity index (χ1) is 7.93. The minimum absolute atomic E-state index is 0.106. The highest BCUT2D eigenvalue weighted by Crippen LogP contribution is 2.25. The lowest BCUT2D eigenvalue weighted by atomic mass is 10.1. The van der Waals surface area contributed by atoms with Crippen molar-refractivity contribution in [3.05, 3.63) is 29.8 Å². The Labute approximate surface area is 102 Å². The molecule has 0 fully saturated rings. The van der Waals surface area contributed by atoms with Crippen molar-refractivity contribution in [2.75, 3.05) is 14.1 Å². The van der Waals surface area contributed by atoms with E-state index in [9.17, 15) is 9.90 Å². The monoisotopic (exact) mass is 237 g/mol. The van der Waals surface area contributed by atoms with Crippen LogP contribution in [0.2, 0.25) is 0 Å². The Morgan fingerprint density at radius 3 is 2.41 bits per heavy atom. The predicted molar refractivity (Wildman–Crippen MR) is 65.9 cm³/mol. The molecule has 0 saturated heterocycles. The first-order valence-electron chi connectivity index (χ1n) is 5.58. The van der Waals surface area contributed by atoms with Gasteiger partial charge in [0.1, 0.15) is 5.75 Å². The Morgan fingerprint density at radius 1 is 1.29 bits per heavy atom. The molecule has 0 saturated carbocycles. The Bertz CT molecular complexity index is 388. The van der Waals surface area contributed by atoms with E-state index in [1.807, 2.05) is 12.1 Å². The summed E-state index contributed by atoms with van der Waals surface area (Å²) in [5.41, 5.74) is 0.686. The highest BCUT2D eigenvalue weighted by Gasteiger charge is 2.18. The van der Waals surface area contributed by atoms with Gasteiger partial charge in [0.25, 0.3) is 5.91 Å². The largest absolute Gasteiger partial charge is 0.481 e. The van der Waals surface area contributed by atoms with E-state index in [2.05, 4.69) is 0 Å². The second-order valence-corrected chi connectivity index (χ2v) is 4.21. The van der Waals surface area contributed by atoms with Gasteiger partial charge in [-0.2, -0.15) is 0 Å². The third-order valence-electron chi connectivity index (χ3n) is 2.46. The van der Waals surface area contributed by atoms with Crippen LogP contribution in [0.4, 0.5) is 0 Å². The number of nitrogens with zero attached hydrogens (tertiary/aromatic N) is 1. The smallest absolute Gasteiger partial charge is 0.262 e. The van der Waals surface area contributed by atoms with E-state index in [1.54, 1.807) is 40.1 Å². The van der Waals surface area contributed by atoms with Gasteiger partial charge in [-0.25, -0.2) is 0 Å². The Hall–Kier alpha value is -1.55. The fourth-order valence-electron chi connectivity index (χ4n) is 1.54. The summed E-state index contributed by atoms with van der Waals surface area (Å²) in [5.74, 6) is 0.440. The number of carbonyl (C=O) groups excluding carboxylic acids is 1. The molecule has 0 spiro atoms. The number of ether oxygens (including phenoxy) is 1. The van der Waals surface area contributed by atoms with Crippen LogP contribution >= 0.6 is 0 Å². The summed E-state index contributed by atoms with van der Waals surface area (Å²) in [6, 6.07) is 7.18. The van der Waals surface area contributed by atoms with Gasteiger partial charge >= 0.3 is 0 Å². The van der Waals surface area contributed by atoms with Crippen molar-refractivity contribution >= 4 is 5.91 Å².